The smallest absolute Gasteiger partial charge is 0.126 e. The molecule has 0 saturated carbocycles. The van der Waals surface area contributed by atoms with Crippen molar-refractivity contribution in [3.05, 3.63) is 22.8 Å². The minimum atomic E-state index is 0.406. The fourth-order valence-electron chi connectivity index (χ4n) is 1.27. The summed E-state index contributed by atoms with van der Waals surface area (Å²) >= 11 is 6.04. The van der Waals surface area contributed by atoms with Gasteiger partial charge in [0.15, 0.2) is 0 Å². The van der Waals surface area contributed by atoms with E-state index in [1.54, 1.807) is 13.3 Å². The van der Waals surface area contributed by atoms with E-state index in [4.69, 9.17) is 16.3 Å². The second-order valence-corrected chi connectivity index (χ2v) is 4.07. The summed E-state index contributed by atoms with van der Waals surface area (Å²) in [5.41, 5.74) is 1.12. The van der Waals surface area contributed by atoms with Gasteiger partial charge < -0.3 is 10.1 Å². The van der Waals surface area contributed by atoms with Gasteiger partial charge in [-0.05, 0) is 17.5 Å². The van der Waals surface area contributed by atoms with E-state index < -0.39 is 0 Å². The van der Waals surface area contributed by atoms with Crippen molar-refractivity contribution >= 4 is 17.4 Å². The van der Waals surface area contributed by atoms with Crippen LogP contribution in [0.15, 0.2) is 12.3 Å². The highest BCUT2D eigenvalue weighted by Crippen LogP contribution is 2.25. The molecule has 0 unspecified atom stereocenters. The Bertz CT molecular complexity index is 315. The van der Waals surface area contributed by atoms with Crippen molar-refractivity contribution in [1.82, 2.24) is 4.98 Å². The zero-order valence-corrected chi connectivity index (χ0v) is 10.1. The normalized spacial score (nSPS) is 10.7. The highest BCUT2D eigenvalue weighted by atomic mass is 35.5. The van der Waals surface area contributed by atoms with Crippen molar-refractivity contribution in [1.29, 1.82) is 0 Å². The zero-order chi connectivity index (χ0) is 11.3. The quantitative estimate of drug-likeness (QED) is 0.787. The Hall–Kier alpha value is -0.800. The van der Waals surface area contributed by atoms with E-state index in [0.717, 1.165) is 22.9 Å². The molecule has 1 aromatic heterocycles. The maximum absolute atomic E-state index is 6.04. The standard InChI is InChI=1S/C11H17ClN2O/c1-8(2)9-6-11(13-4-5-15-3)14-7-10(9)12/h6-8H,4-5H2,1-3H3,(H,13,14). The first-order chi connectivity index (χ1) is 7.15. The molecule has 4 heteroatoms. The fourth-order valence-corrected chi connectivity index (χ4v) is 1.60. The van der Waals surface area contributed by atoms with Gasteiger partial charge in [-0.3, -0.25) is 0 Å². The number of nitrogens with one attached hydrogen (secondary N) is 1. The molecule has 0 aliphatic carbocycles. The first-order valence-corrected chi connectivity index (χ1v) is 5.41. The first kappa shape index (κ1) is 12.3. The van der Waals surface area contributed by atoms with Crippen LogP contribution in [0.3, 0.4) is 0 Å². The molecule has 1 rings (SSSR count). The highest BCUT2D eigenvalue weighted by Gasteiger charge is 2.06. The van der Waals surface area contributed by atoms with Gasteiger partial charge in [0.25, 0.3) is 0 Å². The Morgan fingerprint density at radius 3 is 2.87 bits per heavy atom. The molecule has 15 heavy (non-hydrogen) atoms. The number of hydrogen-bond acceptors (Lipinski definition) is 3. The summed E-state index contributed by atoms with van der Waals surface area (Å²) in [5, 5.41) is 3.90. The number of hydrogen-bond donors (Lipinski definition) is 1. The van der Waals surface area contributed by atoms with Gasteiger partial charge in [-0.15, -0.1) is 0 Å². The molecular formula is C11H17ClN2O. The van der Waals surface area contributed by atoms with Crippen LogP contribution in [0.2, 0.25) is 5.02 Å². The molecule has 0 saturated heterocycles. The van der Waals surface area contributed by atoms with Gasteiger partial charge in [0.1, 0.15) is 5.82 Å². The van der Waals surface area contributed by atoms with E-state index in [-0.39, 0.29) is 0 Å². The topological polar surface area (TPSA) is 34.1 Å². The largest absolute Gasteiger partial charge is 0.383 e. The molecule has 3 nitrogen and oxygen atoms in total. The zero-order valence-electron chi connectivity index (χ0n) is 9.38. The van der Waals surface area contributed by atoms with E-state index in [2.05, 4.69) is 24.1 Å². The second kappa shape index (κ2) is 5.93. The van der Waals surface area contributed by atoms with Gasteiger partial charge in [-0.1, -0.05) is 25.4 Å². The minimum Gasteiger partial charge on any atom is -0.383 e. The molecule has 0 aliphatic rings. The van der Waals surface area contributed by atoms with Crippen molar-refractivity contribution < 1.29 is 4.74 Å². The molecule has 0 amide bonds. The Morgan fingerprint density at radius 1 is 1.53 bits per heavy atom. The van der Waals surface area contributed by atoms with Gasteiger partial charge in [-0.25, -0.2) is 4.98 Å². The lowest BCUT2D eigenvalue weighted by molar-refractivity contribution is 0.210. The van der Waals surface area contributed by atoms with E-state index in [0.29, 0.717) is 12.5 Å². The predicted octanol–water partition coefficient (Wildman–Crippen LogP) is 2.92. The summed E-state index contributed by atoms with van der Waals surface area (Å²) in [5.74, 6) is 1.25. The number of methoxy groups -OCH3 is 1. The van der Waals surface area contributed by atoms with Gasteiger partial charge in [0.2, 0.25) is 0 Å². The lowest BCUT2D eigenvalue weighted by Gasteiger charge is -2.11. The highest BCUT2D eigenvalue weighted by molar-refractivity contribution is 6.31. The number of pyridine rings is 1. The Morgan fingerprint density at radius 2 is 2.27 bits per heavy atom. The van der Waals surface area contributed by atoms with Crippen molar-refractivity contribution in [3.63, 3.8) is 0 Å². The average Bonchev–Trinajstić information content (AvgIpc) is 2.20. The van der Waals surface area contributed by atoms with E-state index >= 15 is 0 Å². The molecule has 0 aromatic carbocycles. The van der Waals surface area contributed by atoms with E-state index in [1.165, 1.54) is 0 Å². The molecule has 0 fully saturated rings. The van der Waals surface area contributed by atoms with Gasteiger partial charge >= 0.3 is 0 Å². The molecule has 0 aliphatic heterocycles. The van der Waals surface area contributed by atoms with E-state index in [1.807, 2.05) is 6.07 Å². The Labute approximate surface area is 95.8 Å². The summed E-state index contributed by atoms with van der Waals surface area (Å²) in [7, 11) is 1.68. The first-order valence-electron chi connectivity index (χ1n) is 5.03. The number of aromatic nitrogens is 1. The third-order valence-corrected chi connectivity index (χ3v) is 2.44. The van der Waals surface area contributed by atoms with Crippen LogP contribution < -0.4 is 5.32 Å². The minimum absolute atomic E-state index is 0.406. The van der Waals surface area contributed by atoms with Crippen LogP contribution in [0.25, 0.3) is 0 Å². The van der Waals surface area contributed by atoms with Crippen LogP contribution in [0, 0.1) is 0 Å². The number of rotatable bonds is 5. The summed E-state index contributed by atoms with van der Waals surface area (Å²) < 4.78 is 4.95. The van der Waals surface area contributed by atoms with Gasteiger partial charge in [0.05, 0.1) is 11.6 Å². The predicted molar refractivity (Wildman–Crippen MR) is 63.7 cm³/mol. The monoisotopic (exact) mass is 228 g/mol. The molecular weight excluding hydrogens is 212 g/mol. The van der Waals surface area contributed by atoms with Crippen LogP contribution >= 0.6 is 11.6 Å². The van der Waals surface area contributed by atoms with Crippen molar-refractivity contribution in [2.45, 2.75) is 19.8 Å². The maximum Gasteiger partial charge on any atom is 0.126 e. The summed E-state index contributed by atoms with van der Waals surface area (Å²) in [6.07, 6.45) is 1.69. The summed E-state index contributed by atoms with van der Waals surface area (Å²) in [6.45, 7) is 5.64. The van der Waals surface area contributed by atoms with Crippen molar-refractivity contribution in [2.24, 2.45) is 0 Å². The summed E-state index contributed by atoms with van der Waals surface area (Å²) in [6, 6.07) is 1.99. The Balaban J connectivity index is 2.70. The lowest BCUT2D eigenvalue weighted by Crippen LogP contribution is -2.09. The van der Waals surface area contributed by atoms with Crippen molar-refractivity contribution in [3.8, 4) is 0 Å². The summed E-state index contributed by atoms with van der Waals surface area (Å²) in [4.78, 5) is 4.19. The number of ether oxygens (including phenoxy) is 1. The van der Waals surface area contributed by atoms with Crippen LogP contribution in [0.4, 0.5) is 5.82 Å². The van der Waals surface area contributed by atoms with Gasteiger partial charge in [-0.2, -0.15) is 0 Å². The third kappa shape index (κ3) is 3.68. The van der Waals surface area contributed by atoms with Crippen LogP contribution in [0.5, 0.6) is 0 Å². The lowest BCUT2D eigenvalue weighted by atomic mass is 10.1. The molecule has 1 heterocycles. The molecule has 0 bridgehead atoms. The third-order valence-electron chi connectivity index (χ3n) is 2.12. The van der Waals surface area contributed by atoms with Crippen LogP contribution in [-0.4, -0.2) is 25.2 Å². The van der Waals surface area contributed by atoms with Crippen molar-refractivity contribution in [2.75, 3.05) is 25.6 Å². The van der Waals surface area contributed by atoms with Crippen LogP contribution in [0.1, 0.15) is 25.3 Å². The maximum atomic E-state index is 6.04. The molecule has 0 atom stereocenters. The number of anilines is 1. The molecule has 84 valence electrons. The molecule has 1 aromatic rings. The average molecular weight is 229 g/mol. The second-order valence-electron chi connectivity index (χ2n) is 3.67. The van der Waals surface area contributed by atoms with Crippen LogP contribution in [-0.2, 0) is 4.74 Å². The molecule has 0 radical (unpaired) electrons. The Kier molecular flexibility index (Phi) is 4.85. The molecule has 0 spiro atoms. The molecule has 1 N–H and O–H groups in total. The fraction of sp³-hybridized carbons (Fsp3) is 0.545. The van der Waals surface area contributed by atoms with E-state index in [9.17, 15) is 0 Å². The SMILES string of the molecule is COCCNc1cc(C(C)C)c(Cl)cn1. The number of nitrogens with zero attached hydrogens (tertiary/aromatic N) is 1. The van der Waals surface area contributed by atoms with Gasteiger partial charge in [0, 0.05) is 19.9 Å². The number of halogens is 1.